The molecule has 3 nitrogen and oxygen atoms in total. The summed E-state index contributed by atoms with van der Waals surface area (Å²) in [6, 6.07) is 0. The topological polar surface area (TPSA) is 29.5 Å². The first-order valence-electron chi connectivity index (χ1n) is 3.45. The lowest BCUT2D eigenvalue weighted by atomic mass is 10.2. The van der Waals surface area contributed by atoms with E-state index in [9.17, 15) is 4.79 Å². The predicted octanol–water partition coefficient (Wildman–Crippen LogP) is 1.93. The molecule has 0 radical (unpaired) electrons. The van der Waals surface area contributed by atoms with Gasteiger partial charge in [-0.1, -0.05) is 11.6 Å². The second-order valence-electron chi connectivity index (χ2n) is 2.34. The molecular weight excluding hydrogens is 166 g/mol. The van der Waals surface area contributed by atoms with Crippen LogP contribution in [0.15, 0.2) is 11.2 Å². The Balaban J connectivity index is 2.59. The highest BCUT2D eigenvalue weighted by molar-refractivity contribution is 6.29. The number of hydrogen-bond donors (Lipinski definition) is 0. The van der Waals surface area contributed by atoms with Crippen molar-refractivity contribution in [2.45, 2.75) is 12.8 Å². The molecular formula is C7H10ClNO2. The molecule has 0 saturated carbocycles. The number of ether oxygens (including phenoxy) is 1. The second-order valence-corrected chi connectivity index (χ2v) is 2.83. The number of hydrogen-bond acceptors (Lipinski definition) is 2. The molecule has 62 valence electrons. The summed E-state index contributed by atoms with van der Waals surface area (Å²) in [5, 5.41) is 0.710. The van der Waals surface area contributed by atoms with Crippen molar-refractivity contribution in [3.8, 4) is 0 Å². The van der Waals surface area contributed by atoms with Gasteiger partial charge in [0.2, 0.25) is 0 Å². The summed E-state index contributed by atoms with van der Waals surface area (Å²) >= 11 is 5.72. The molecule has 0 saturated heterocycles. The van der Waals surface area contributed by atoms with Crippen LogP contribution in [0.3, 0.4) is 0 Å². The van der Waals surface area contributed by atoms with E-state index in [1.54, 1.807) is 6.20 Å². The smallest absolute Gasteiger partial charge is 0.413 e. The SMILES string of the molecule is COC(=O)N1C=C(Cl)CCC1. The summed E-state index contributed by atoms with van der Waals surface area (Å²) in [7, 11) is 1.36. The van der Waals surface area contributed by atoms with Gasteiger partial charge in [-0.3, -0.25) is 4.90 Å². The van der Waals surface area contributed by atoms with Gasteiger partial charge in [0.05, 0.1) is 7.11 Å². The van der Waals surface area contributed by atoms with Crippen LogP contribution in [0.4, 0.5) is 4.79 Å². The molecule has 1 aliphatic rings. The monoisotopic (exact) mass is 175 g/mol. The highest BCUT2D eigenvalue weighted by atomic mass is 35.5. The molecule has 0 bridgehead atoms. The van der Waals surface area contributed by atoms with Crippen molar-refractivity contribution >= 4 is 17.7 Å². The molecule has 0 aromatic carbocycles. The highest BCUT2D eigenvalue weighted by Crippen LogP contribution is 2.17. The molecule has 1 heterocycles. The average molecular weight is 176 g/mol. The molecule has 0 aromatic heterocycles. The van der Waals surface area contributed by atoms with Crippen molar-refractivity contribution in [3.63, 3.8) is 0 Å². The number of amides is 1. The van der Waals surface area contributed by atoms with Gasteiger partial charge in [0.1, 0.15) is 0 Å². The number of nitrogens with zero attached hydrogens (tertiary/aromatic N) is 1. The lowest BCUT2D eigenvalue weighted by molar-refractivity contribution is 0.138. The summed E-state index contributed by atoms with van der Waals surface area (Å²) in [6.07, 6.45) is 3.04. The first-order valence-corrected chi connectivity index (χ1v) is 3.82. The molecule has 0 aromatic rings. The zero-order chi connectivity index (χ0) is 8.27. The molecule has 0 aliphatic carbocycles. The van der Waals surface area contributed by atoms with E-state index in [0.29, 0.717) is 11.6 Å². The quantitative estimate of drug-likeness (QED) is 0.563. The van der Waals surface area contributed by atoms with Crippen LogP contribution in [-0.2, 0) is 4.74 Å². The maximum atomic E-state index is 10.9. The minimum atomic E-state index is -0.345. The third-order valence-electron chi connectivity index (χ3n) is 1.52. The van der Waals surface area contributed by atoms with Gasteiger partial charge in [0.25, 0.3) is 0 Å². The van der Waals surface area contributed by atoms with Crippen LogP contribution in [0.5, 0.6) is 0 Å². The van der Waals surface area contributed by atoms with E-state index in [-0.39, 0.29) is 6.09 Å². The second kappa shape index (κ2) is 3.62. The van der Waals surface area contributed by atoms with E-state index in [1.165, 1.54) is 12.0 Å². The van der Waals surface area contributed by atoms with Gasteiger partial charge in [-0.15, -0.1) is 0 Å². The van der Waals surface area contributed by atoms with Crippen LogP contribution in [-0.4, -0.2) is 24.6 Å². The molecule has 11 heavy (non-hydrogen) atoms. The van der Waals surface area contributed by atoms with E-state index < -0.39 is 0 Å². The molecule has 0 spiro atoms. The molecule has 4 heteroatoms. The summed E-state index contributed by atoms with van der Waals surface area (Å²) in [6.45, 7) is 0.697. The van der Waals surface area contributed by atoms with Gasteiger partial charge in [-0.25, -0.2) is 4.79 Å². The van der Waals surface area contributed by atoms with Gasteiger partial charge in [0, 0.05) is 17.8 Å². The number of halogens is 1. The third-order valence-corrected chi connectivity index (χ3v) is 1.81. The number of rotatable bonds is 0. The Hall–Kier alpha value is -0.700. The number of methoxy groups -OCH3 is 1. The maximum absolute atomic E-state index is 10.9. The summed E-state index contributed by atoms with van der Waals surface area (Å²) in [5.41, 5.74) is 0. The maximum Gasteiger partial charge on any atom is 0.413 e. The first kappa shape index (κ1) is 8.40. The minimum Gasteiger partial charge on any atom is -0.452 e. The van der Waals surface area contributed by atoms with Crippen molar-refractivity contribution in [1.82, 2.24) is 4.90 Å². The van der Waals surface area contributed by atoms with Crippen molar-refractivity contribution < 1.29 is 9.53 Å². The highest BCUT2D eigenvalue weighted by Gasteiger charge is 2.15. The van der Waals surface area contributed by atoms with Crippen LogP contribution < -0.4 is 0 Å². The molecule has 1 amide bonds. The van der Waals surface area contributed by atoms with Crippen molar-refractivity contribution in [2.75, 3.05) is 13.7 Å². The van der Waals surface area contributed by atoms with E-state index >= 15 is 0 Å². The zero-order valence-electron chi connectivity index (χ0n) is 6.34. The van der Waals surface area contributed by atoms with Crippen LogP contribution in [0.1, 0.15) is 12.8 Å². The lowest BCUT2D eigenvalue weighted by Crippen LogP contribution is -2.28. The number of allylic oxidation sites excluding steroid dienone is 1. The Kier molecular flexibility index (Phi) is 2.76. The van der Waals surface area contributed by atoms with Crippen LogP contribution in [0, 0.1) is 0 Å². The van der Waals surface area contributed by atoms with E-state index in [1.807, 2.05) is 0 Å². The standard InChI is InChI=1S/C7H10ClNO2/c1-11-7(10)9-4-2-3-6(8)5-9/h5H,2-4H2,1H3. The predicted molar refractivity (Wildman–Crippen MR) is 42.3 cm³/mol. The van der Waals surface area contributed by atoms with Crippen LogP contribution in [0.25, 0.3) is 0 Å². The fourth-order valence-electron chi connectivity index (χ4n) is 0.978. The Labute approximate surface area is 70.6 Å². The van der Waals surface area contributed by atoms with Gasteiger partial charge in [-0.05, 0) is 12.8 Å². The van der Waals surface area contributed by atoms with E-state index in [2.05, 4.69) is 4.74 Å². The minimum absolute atomic E-state index is 0.345. The molecule has 1 aliphatic heterocycles. The Morgan fingerprint density at radius 3 is 3.09 bits per heavy atom. The molecule has 0 unspecified atom stereocenters. The number of carbonyl (C=O) groups is 1. The average Bonchev–Trinajstić information content (AvgIpc) is 2.03. The van der Waals surface area contributed by atoms with Gasteiger partial charge in [-0.2, -0.15) is 0 Å². The zero-order valence-corrected chi connectivity index (χ0v) is 7.10. The lowest BCUT2D eigenvalue weighted by Gasteiger charge is -2.20. The van der Waals surface area contributed by atoms with Crippen molar-refractivity contribution in [1.29, 1.82) is 0 Å². The Morgan fingerprint density at radius 1 is 1.82 bits per heavy atom. The van der Waals surface area contributed by atoms with Crippen molar-refractivity contribution in [2.24, 2.45) is 0 Å². The van der Waals surface area contributed by atoms with Crippen molar-refractivity contribution in [3.05, 3.63) is 11.2 Å². The van der Waals surface area contributed by atoms with Gasteiger partial charge >= 0.3 is 6.09 Å². The fraction of sp³-hybridized carbons (Fsp3) is 0.571. The van der Waals surface area contributed by atoms with Gasteiger partial charge in [0.15, 0.2) is 0 Å². The van der Waals surface area contributed by atoms with Crippen LogP contribution >= 0.6 is 11.6 Å². The molecule has 0 N–H and O–H groups in total. The summed E-state index contributed by atoms with van der Waals surface area (Å²) < 4.78 is 4.52. The van der Waals surface area contributed by atoms with E-state index in [4.69, 9.17) is 11.6 Å². The van der Waals surface area contributed by atoms with Crippen LogP contribution in [0.2, 0.25) is 0 Å². The summed E-state index contributed by atoms with van der Waals surface area (Å²) in [4.78, 5) is 12.4. The molecule has 0 atom stereocenters. The first-order chi connectivity index (χ1) is 5.24. The van der Waals surface area contributed by atoms with E-state index in [0.717, 1.165) is 12.8 Å². The fourth-order valence-corrected chi connectivity index (χ4v) is 1.23. The summed E-state index contributed by atoms with van der Waals surface area (Å²) in [5.74, 6) is 0. The normalized spacial score (nSPS) is 17.6. The largest absolute Gasteiger partial charge is 0.452 e. The Morgan fingerprint density at radius 2 is 2.55 bits per heavy atom. The third kappa shape index (κ3) is 2.12. The number of carbonyl (C=O) groups excluding carboxylic acids is 1. The molecule has 0 fully saturated rings. The Bertz CT molecular complexity index is 191. The molecule has 1 rings (SSSR count). The van der Waals surface area contributed by atoms with Gasteiger partial charge < -0.3 is 4.74 Å².